The van der Waals surface area contributed by atoms with Crippen LogP contribution in [0.25, 0.3) is 0 Å². The molecule has 2 rings (SSSR count). The van der Waals surface area contributed by atoms with Gasteiger partial charge in [-0.05, 0) is 66.5 Å². The number of nitrogens with zero attached hydrogens (tertiary/aromatic N) is 2. The van der Waals surface area contributed by atoms with Crippen molar-refractivity contribution in [2.45, 2.75) is 71.1 Å². The number of piperidine rings is 1. The second kappa shape index (κ2) is 7.64. The van der Waals surface area contributed by atoms with E-state index in [9.17, 15) is 4.79 Å². The lowest BCUT2D eigenvalue weighted by molar-refractivity contribution is 0.0259. The molecule has 0 radical (unpaired) electrons. The summed E-state index contributed by atoms with van der Waals surface area (Å²) in [6.45, 7) is 12.5. The topological polar surface area (TPSA) is 44.8 Å². The van der Waals surface area contributed by atoms with E-state index in [-0.39, 0.29) is 6.09 Å². The van der Waals surface area contributed by atoms with Gasteiger partial charge in [0.05, 0.1) is 0 Å². The number of rotatable bonds is 5. The molecule has 1 amide bonds. The van der Waals surface area contributed by atoms with Crippen LogP contribution in [0.2, 0.25) is 0 Å². The molecular formula is C17H33N3O2. The van der Waals surface area contributed by atoms with Crippen molar-refractivity contribution < 1.29 is 9.53 Å². The van der Waals surface area contributed by atoms with Crippen molar-refractivity contribution in [3.05, 3.63) is 0 Å². The first-order valence-electron chi connectivity index (χ1n) is 8.84. The van der Waals surface area contributed by atoms with E-state index in [4.69, 9.17) is 4.74 Å². The van der Waals surface area contributed by atoms with Crippen LogP contribution in [-0.4, -0.2) is 66.3 Å². The van der Waals surface area contributed by atoms with E-state index < -0.39 is 5.60 Å². The third kappa shape index (κ3) is 5.13. The van der Waals surface area contributed by atoms with Gasteiger partial charge in [0, 0.05) is 31.7 Å². The molecule has 0 bridgehead atoms. The van der Waals surface area contributed by atoms with Crippen LogP contribution in [0.5, 0.6) is 0 Å². The average molecular weight is 311 g/mol. The Morgan fingerprint density at radius 1 is 1.32 bits per heavy atom. The van der Waals surface area contributed by atoms with Gasteiger partial charge in [-0.25, -0.2) is 4.79 Å². The van der Waals surface area contributed by atoms with Crippen LogP contribution in [0.3, 0.4) is 0 Å². The number of amides is 1. The lowest BCUT2D eigenvalue weighted by atomic mass is 9.97. The monoisotopic (exact) mass is 311 g/mol. The number of fused-ring (bicyclic) bond motifs is 1. The van der Waals surface area contributed by atoms with E-state index in [0.29, 0.717) is 12.6 Å². The molecule has 2 atom stereocenters. The molecule has 5 nitrogen and oxygen atoms in total. The molecule has 2 aliphatic heterocycles. The number of likely N-dealkylation sites (N-methyl/N-ethyl adjacent to an activating group) is 1. The van der Waals surface area contributed by atoms with Crippen molar-refractivity contribution >= 4 is 6.09 Å². The normalized spacial score (nSPS) is 25.8. The minimum Gasteiger partial charge on any atom is -0.444 e. The van der Waals surface area contributed by atoms with Gasteiger partial charge in [0.1, 0.15) is 5.60 Å². The lowest BCUT2D eigenvalue weighted by Crippen LogP contribution is -2.48. The number of carbonyl (C=O) groups is 1. The summed E-state index contributed by atoms with van der Waals surface area (Å²) in [6.07, 6.45) is 5.01. The third-order valence-electron chi connectivity index (χ3n) is 4.67. The highest BCUT2D eigenvalue weighted by Gasteiger charge is 2.31. The number of nitrogens with one attached hydrogen (secondary N) is 1. The summed E-state index contributed by atoms with van der Waals surface area (Å²) in [5, 5.41) is 3.64. The summed E-state index contributed by atoms with van der Waals surface area (Å²) in [6, 6.07) is 1.40. The number of carbonyl (C=O) groups excluding carboxylic acids is 1. The molecule has 2 heterocycles. The minimum absolute atomic E-state index is 0.206. The highest BCUT2D eigenvalue weighted by atomic mass is 16.6. The third-order valence-corrected chi connectivity index (χ3v) is 4.67. The van der Waals surface area contributed by atoms with Gasteiger partial charge in [-0.1, -0.05) is 0 Å². The van der Waals surface area contributed by atoms with Gasteiger partial charge >= 0.3 is 6.09 Å². The molecule has 0 aromatic rings. The molecule has 2 unspecified atom stereocenters. The molecule has 2 fully saturated rings. The van der Waals surface area contributed by atoms with Crippen molar-refractivity contribution in [3.8, 4) is 0 Å². The predicted octanol–water partition coefficient (Wildman–Crippen LogP) is 2.46. The summed E-state index contributed by atoms with van der Waals surface area (Å²) in [7, 11) is 0. The second-order valence-electron chi connectivity index (χ2n) is 7.57. The molecule has 0 aliphatic carbocycles. The van der Waals surface area contributed by atoms with Crippen LogP contribution >= 0.6 is 0 Å². The molecule has 0 aromatic carbocycles. The van der Waals surface area contributed by atoms with E-state index in [0.717, 1.165) is 19.1 Å². The maximum Gasteiger partial charge on any atom is 0.410 e. The smallest absolute Gasteiger partial charge is 0.410 e. The Bertz CT molecular complexity index is 367. The van der Waals surface area contributed by atoms with Crippen LogP contribution < -0.4 is 5.32 Å². The van der Waals surface area contributed by atoms with Crippen molar-refractivity contribution in [1.82, 2.24) is 15.1 Å². The number of hydrogen-bond acceptors (Lipinski definition) is 4. The minimum atomic E-state index is -0.423. The number of hydrogen-bond donors (Lipinski definition) is 1. The first-order valence-corrected chi connectivity index (χ1v) is 8.84. The van der Waals surface area contributed by atoms with Crippen LogP contribution in [-0.2, 0) is 4.74 Å². The Hall–Kier alpha value is -0.810. The summed E-state index contributed by atoms with van der Waals surface area (Å²) in [5.41, 5.74) is -0.423. The van der Waals surface area contributed by atoms with Crippen LogP contribution in [0.15, 0.2) is 0 Å². The van der Waals surface area contributed by atoms with Gasteiger partial charge in [-0.15, -0.1) is 0 Å². The number of ether oxygens (including phenoxy) is 1. The zero-order chi connectivity index (χ0) is 16.2. The predicted molar refractivity (Wildman–Crippen MR) is 89.1 cm³/mol. The maximum atomic E-state index is 12.1. The molecular weight excluding hydrogens is 278 g/mol. The van der Waals surface area contributed by atoms with Crippen molar-refractivity contribution in [2.75, 3.05) is 32.7 Å². The standard InChI is InChI=1S/C17H33N3O2/c1-5-19(16(21)22-17(2,3)4)12-9-18-14-8-11-20-10-6-7-15(20)13-14/h14-15,18H,5-13H2,1-4H3. The Kier molecular flexibility index (Phi) is 6.09. The van der Waals surface area contributed by atoms with Gasteiger partial charge in [0.15, 0.2) is 0 Å². The van der Waals surface area contributed by atoms with Crippen LogP contribution in [0, 0.1) is 0 Å². The fourth-order valence-corrected chi connectivity index (χ4v) is 3.52. The molecule has 0 saturated carbocycles. The summed E-state index contributed by atoms with van der Waals surface area (Å²) >= 11 is 0. The molecule has 1 N–H and O–H groups in total. The van der Waals surface area contributed by atoms with Crippen LogP contribution in [0.4, 0.5) is 4.79 Å². The average Bonchev–Trinajstić information content (AvgIpc) is 2.89. The Morgan fingerprint density at radius 2 is 2.09 bits per heavy atom. The molecule has 2 saturated heterocycles. The highest BCUT2D eigenvalue weighted by molar-refractivity contribution is 5.68. The summed E-state index contributed by atoms with van der Waals surface area (Å²) < 4.78 is 5.44. The van der Waals surface area contributed by atoms with Crippen LogP contribution in [0.1, 0.15) is 53.4 Å². The fraction of sp³-hybridized carbons (Fsp3) is 0.941. The lowest BCUT2D eigenvalue weighted by Gasteiger charge is -2.35. The van der Waals surface area contributed by atoms with E-state index in [1.165, 1.54) is 38.8 Å². The molecule has 2 aliphatic rings. The first kappa shape index (κ1) is 17.5. The first-order chi connectivity index (χ1) is 10.4. The molecule has 0 aromatic heterocycles. The largest absolute Gasteiger partial charge is 0.444 e. The van der Waals surface area contributed by atoms with Crippen molar-refractivity contribution in [2.24, 2.45) is 0 Å². The Morgan fingerprint density at radius 3 is 2.77 bits per heavy atom. The molecule has 22 heavy (non-hydrogen) atoms. The summed E-state index contributed by atoms with van der Waals surface area (Å²) in [5.74, 6) is 0. The molecule has 128 valence electrons. The van der Waals surface area contributed by atoms with E-state index >= 15 is 0 Å². The zero-order valence-corrected chi connectivity index (χ0v) is 14.7. The second-order valence-corrected chi connectivity index (χ2v) is 7.57. The zero-order valence-electron chi connectivity index (χ0n) is 14.7. The van der Waals surface area contributed by atoms with Crippen molar-refractivity contribution in [1.29, 1.82) is 0 Å². The van der Waals surface area contributed by atoms with Gasteiger partial charge in [-0.3, -0.25) is 0 Å². The van der Waals surface area contributed by atoms with Gasteiger partial charge in [0.25, 0.3) is 0 Å². The van der Waals surface area contributed by atoms with Gasteiger partial charge in [-0.2, -0.15) is 0 Å². The quantitative estimate of drug-likeness (QED) is 0.847. The summed E-state index contributed by atoms with van der Waals surface area (Å²) in [4.78, 5) is 16.5. The van der Waals surface area contributed by atoms with Gasteiger partial charge < -0.3 is 19.9 Å². The Labute approximate surface area is 135 Å². The fourth-order valence-electron chi connectivity index (χ4n) is 3.52. The molecule has 0 spiro atoms. The van der Waals surface area contributed by atoms with E-state index in [1.807, 2.05) is 27.7 Å². The van der Waals surface area contributed by atoms with Gasteiger partial charge in [0.2, 0.25) is 0 Å². The molecule has 5 heteroatoms. The van der Waals surface area contributed by atoms with Crippen molar-refractivity contribution in [3.63, 3.8) is 0 Å². The highest BCUT2D eigenvalue weighted by Crippen LogP contribution is 2.26. The SMILES string of the molecule is CCN(CCNC1CCN2CCCC2C1)C(=O)OC(C)(C)C. The van der Waals surface area contributed by atoms with E-state index in [1.54, 1.807) is 4.90 Å². The van der Waals surface area contributed by atoms with E-state index in [2.05, 4.69) is 10.2 Å². The maximum absolute atomic E-state index is 12.1. The Balaban J connectivity index is 1.69.